The summed E-state index contributed by atoms with van der Waals surface area (Å²) in [7, 11) is 2.17. The van der Waals surface area contributed by atoms with Crippen LogP contribution in [0.25, 0.3) is 0 Å². The van der Waals surface area contributed by atoms with Crippen molar-refractivity contribution in [2.45, 2.75) is 19.9 Å². The van der Waals surface area contributed by atoms with Gasteiger partial charge in [-0.25, -0.2) is 0 Å². The van der Waals surface area contributed by atoms with Gasteiger partial charge in [-0.2, -0.15) is 0 Å². The number of rotatable bonds is 8. The standard InChI is InChI=1S/C18H30N4O/c1-3-8-19-9-10-20-18(23)17-6-4-16(5-7-17)15-22-13-11-21(2)12-14-22/h4-7,19H,3,8-15H2,1-2H3,(H,20,23). The maximum absolute atomic E-state index is 12.1. The van der Waals surface area contributed by atoms with Crippen LogP contribution in [0.3, 0.4) is 0 Å². The predicted molar refractivity (Wildman–Crippen MR) is 94.7 cm³/mol. The van der Waals surface area contributed by atoms with Gasteiger partial charge in [0.15, 0.2) is 0 Å². The van der Waals surface area contributed by atoms with Crippen LogP contribution >= 0.6 is 0 Å². The first-order valence-electron chi connectivity index (χ1n) is 8.68. The van der Waals surface area contributed by atoms with Gasteiger partial charge in [-0.05, 0) is 37.7 Å². The molecule has 2 N–H and O–H groups in total. The Hall–Kier alpha value is -1.43. The molecular formula is C18H30N4O. The molecule has 1 saturated heterocycles. The molecule has 0 aromatic heterocycles. The molecule has 0 spiro atoms. The maximum Gasteiger partial charge on any atom is 0.251 e. The third kappa shape index (κ3) is 6.29. The molecule has 0 unspecified atom stereocenters. The van der Waals surface area contributed by atoms with Gasteiger partial charge in [0.25, 0.3) is 5.91 Å². The Kier molecular flexibility index (Phi) is 7.52. The Bertz CT molecular complexity index is 466. The van der Waals surface area contributed by atoms with Crippen molar-refractivity contribution in [3.63, 3.8) is 0 Å². The van der Waals surface area contributed by atoms with Crippen LogP contribution in [-0.4, -0.2) is 68.6 Å². The molecule has 5 heteroatoms. The van der Waals surface area contributed by atoms with E-state index in [9.17, 15) is 4.79 Å². The number of nitrogens with zero attached hydrogens (tertiary/aromatic N) is 2. The van der Waals surface area contributed by atoms with Crippen molar-refractivity contribution in [2.24, 2.45) is 0 Å². The second kappa shape index (κ2) is 9.65. The molecule has 1 aromatic carbocycles. The highest BCUT2D eigenvalue weighted by molar-refractivity contribution is 5.94. The highest BCUT2D eigenvalue weighted by Crippen LogP contribution is 2.09. The zero-order valence-electron chi connectivity index (χ0n) is 14.5. The Morgan fingerprint density at radius 1 is 1.04 bits per heavy atom. The molecule has 1 aliphatic heterocycles. The van der Waals surface area contributed by atoms with E-state index in [0.717, 1.165) is 57.8 Å². The van der Waals surface area contributed by atoms with Gasteiger partial charge in [-0.3, -0.25) is 9.69 Å². The van der Waals surface area contributed by atoms with Crippen LogP contribution in [0.1, 0.15) is 29.3 Å². The van der Waals surface area contributed by atoms with Crippen molar-refractivity contribution in [1.29, 1.82) is 0 Å². The number of likely N-dealkylation sites (N-methyl/N-ethyl adjacent to an activating group) is 1. The lowest BCUT2D eigenvalue weighted by atomic mass is 10.1. The molecular weight excluding hydrogens is 288 g/mol. The SMILES string of the molecule is CCCNCCNC(=O)c1ccc(CN2CCN(C)CC2)cc1. The van der Waals surface area contributed by atoms with Crippen LogP contribution < -0.4 is 10.6 Å². The first-order valence-corrected chi connectivity index (χ1v) is 8.68. The quantitative estimate of drug-likeness (QED) is 0.706. The van der Waals surface area contributed by atoms with Gasteiger partial charge in [-0.15, -0.1) is 0 Å². The van der Waals surface area contributed by atoms with Crippen LogP contribution in [0.2, 0.25) is 0 Å². The fourth-order valence-electron chi connectivity index (χ4n) is 2.69. The molecule has 1 heterocycles. The highest BCUT2D eigenvalue weighted by Gasteiger charge is 2.14. The van der Waals surface area contributed by atoms with E-state index in [1.54, 1.807) is 0 Å². The number of amides is 1. The second-order valence-corrected chi connectivity index (χ2v) is 6.28. The van der Waals surface area contributed by atoms with E-state index in [1.165, 1.54) is 5.56 Å². The number of nitrogens with one attached hydrogen (secondary N) is 2. The largest absolute Gasteiger partial charge is 0.351 e. The normalized spacial score (nSPS) is 16.4. The summed E-state index contributed by atoms with van der Waals surface area (Å²) < 4.78 is 0. The Morgan fingerprint density at radius 2 is 1.74 bits per heavy atom. The van der Waals surface area contributed by atoms with E-state index in [0.29, 0.717) is 6.54 Å². The predicted octanol–water partition coefficient (Wildman–Crippen LogP) is 1.16. The summed E-state index contributed by atoms with van der Waals surface area (Å²) in [4.78, 5) is 16.9. The summed E-state index contributed by atoms with van der Waals surface area (Å²) in [6.07, 6.45) is 1.11. The fourth-order valence-corrected chi connectivity index (χ4v) is 2.69. The Balaban J connectivity index is 1.74. The van der Waals surface area contributed by atoms with Crippen molar-refractivity contribution < 1.29 is 4.79 Å². The van der Waals surface area contributed by atoms with Gasteiger partial charge in [0.1, 0.15) is 0 Å². The van der Waals surface area contributed by atoms with Gasteiger partial charge in [0.2, 0.25) is 0 Å². The van der Waals surface area contributed by atoms with Crippen molar-refractivity contribution in [3.05, 3.63) is 35.4 Å². The topological polar surface area (TPSA) is 47.6 Å². The van der Waals surface area contributed by atoms with Crippen LogP contribution in [0, 0.1) is 0 Å². The van der Waals surface area contributed by atoms with Crippen LogP contribution in [0.4, 0.5) is 0 Å². The van der Waals surface area contributed by atoms with Crippen LogP contribution in [0.15, 0.2) is 24.3 Å². The molecule has 128 valence electrons. The summed E-state index contributed by atoms with van der Waals surface area (Å²) in [5, 5.41) is 6.22. The monoisotopic (exact) mass is 318 g/mol. The Labute approximate surface area is 140 Å². The van der Waals surface area contributed by atoms with Gasteiger partial charge < -0.3 is 15.5 Å². The second-order valence-electron chi connectivity index (χ2n) is 6.28. The lowest BCUT2D eigenvalue weighted by Crippen LogP contribution is -2.43. The molecule has 1 aromatic rings. The zero-order chi connectivity index (χ0) is 16.5. The maximum atomic E-state index is 12.1. The third-order valence-electron chi connectivity index (χ3n) is 4.23. The highest BCUT2D eigenvalue weighted by atomic mass is 16.1. The number of hydrogen-bond donors (Lipinski definition) is 2. The lowest BCUT2D eigenvalue weighted by Gasteiger charge is -2.32. The summed E-state index contributed by atoms with van der Waals surface area (Å²) >= 11 is 0. The van der Waals surface area contributed by atoms with E-state index in [4.69, 9.17) is 0 Å². The summed E-state index contributed by atoms with van der Waals surface area (Å²) in [5.41, 5.74) is 2.01. The number of carbonyl (C=O) groups excluding carboxylic acids is 1. The van der Waals surface area contributed by atoms with E-state index in [2.05, 4.69) is 46.5 Å². The number of hydrogen-bond acceptors (Lipinski definition) is 4. The molecule has 1 aliphatic rings. The number of piperazine rings is 1. The van der Waals surface area contributed by atoms with Gasteiger partial charge in [0.05, 0.1) is 0 Å². The summed E-state index contributed by atoms with van der Waals surface area (Å²) in [6, 6.07) is 8.01. The summed E-state index contributed by atoms with van der Waals surface area (Å²) in [5.74, 6) is 0.00875. The molecule has 1 fully saturated rings. The number of carbonyl (C=O) groups is 1. The minimum atomic E-state index is 0.00875. The van der Waals surface area contributed by atoms with E-state index in [-0.39, 0.29) is 5.91 Å². The van der Waals surface area contributed by atoms with Crippen LogP contribution in [-0.2, 0) is 6.54 Å². The fraction of sp³-hybridized carbons (Fsp3) is 0.611. The first-order chi connectivity index (χ1) is 11.2. The molecule has 0 radical (unpaired) electrons. The zero-order valence-corrected chi connectivity index (χ0v) is 14.5. The number of benzene rings is 1. The minimum absolute atomic E-state index is 0.00875. The van der Waals surface area contributed by atoms with Crippen molar-refractivity contribution in [1.82, 2.24) is 20.4 Å². The minimum Gasteiger partial charge on any atom is -0.351 e. The Morgan fingerprint density at radius 3 is 2.39 bits per heavy atom. The molecule has 23 heavy (non-hydrogen) atoms. The van der Waals surface area contributed by atoms with Crippen molar-refractivity contribution in [2.75, 3.05) is 52.9 Å². The molecule has 0 atom stereocenters. The van der Waals surface area contributed by atoms with Crippen molar-refractivity contribution in [3.8, 4) is 0 Å². The van der Waals surface area contributed by atoms with E-state index >= 15 is 0 Å². The average molecular weight is 318 g/mol. The molecule has 0 saturated carbocycles. The van der Waals surface area contributed by atoms with Gasteiger partial charge >= 0.3 is 0 Å². The molecule has 2 rings (SSSR count). The molecule has 1 amide bonds. The van der Waals surface area contributed by atoms with E-state index < -0.39 is 0 Å². The van der Waals surface area contributed by atoms with E-state index in [1.807, 2.05) is 12.1 Å². The summed E-state index contributed by atoms with van der Waals surface area (Å²) in [6.45, 7) is 10.1. The van der Waals surface area contributed by atoms with Gasteiger partial charge in [0, 0.05) is 51.4 Å². The van der Waals surface area contributed by atoms with Gasteiger partial charge in [-0.1, -0.05) is 19.1 Å². The molecule has 5 nitrogen and oxygen atoms in total. The third-order valence-corrected chi connectivity index (χ3v) is 4.23. The molecule has 0 bridgehead atoms. The molecule has 0 aliphatic carbocycles. The average Bonchev–Trinajstić information content (AvgIpc) is 2.57. The van der Waals surface area contributed by atoms with Crippen LogP contribution in [0.5, 0.6) is 0 Å². The smallest absolute Gasteiger partial charge is 0.251 e. The first kappa shape index (κ1) is 17.9. The van der Waals surface area contributed by atoms with Crippen molar-refractivity contribution >= 4 is 5.91 Å². The lowest BCUT2D eigenvalue weighted by molar-refractivity contribution is 0.0954.